The molecule has 3 nitrogen and oxygen atoms in total. The highest BCUT2D eigenvalue weighted by Crippen LogP contribution is 2.15. The van der Waals surface area contributed by atoms with Crippen LogP contribution in [0.4, 0.5) is 13.2 Å². The number of pyridine rings is 1. The number of rotatable bonds is 2. The summed E-state index contributed by atoms with van der Waals surface area (Å²) in [4.78, 5) is 14.5. The van der Waals surface area contributed by atoms with Crippen molar-refractivity contribution in [2.75, 3.05) is 6.61 Å². The zero-order valence-corrected chi connectivity index (χ0v) is 8.14. The van der Waals surface area contributed by atoms with Gasteiger partial charge in [0.05, 0.1) is 5.56 Å². The molecule has 0 unspecified atom stereocenters. The first-order valence-corrected chi connectivity index (χ1v) is 3.63. The lowest BCUT2D eigenvalue weighted by Gasteiger charge is -2.06. The van der Waals surface area contributed by atoms with E-state index in [1.54, 1.807) is 0 Å². The Morgan fingerprint density at radius 1 is 1.47 bits per heavy atom. The molecule has 0 saturated heterocycles. The Labute approximate surface area is 89.7 Å². The number of alkyl halides is 3. The number of halogens is 4. The fourth-order valence-electron chi connectivity index (χ4n) is 0.714. The van der Waals surface area contributed by atoms with Crippen molar-refractivity contribution < 1.29 is 22.7 Å². The highest BCUT2D eigenvalue weighted by atomic mass is 35.5. The van der Waals surface area contributed by atoms with Gasteiger partial charge in [0, 0.05) is 12.4 Å². The van der Waals surface area contributed by atoms with Gasteiger partial charge in [0.25, 0.3) is 0 Å². The molecule has 1 aromatic rings. The van der Waals surface area contributed by atoms with Crippen LogP contribution in [0, 0.1) is 0 Å². The number of carbonyl (C=O) groups is 1. The summed E-state index contributed by atoms with van der Waals surface area (Å²) in [5.74, 6) is -1.03. The molecule has 84 valence electrons. The first-order chi connectivity index (χ1) is 6.49. The average molecular weight is 242 g/mol. The van der Waals surface area contributed by atoms with Crippen LogP contribution >= 0.6 is 12.4 Å². The third-order valence-electron chi connectivity index (χ3n) is 1.26. The van der Waals surface area contributed by atoms with Gasteiger partial charge in [-0.05, 0) is 12.1 Å². The molecule has 7 heteroatoms. The van der Waals surface area contributed by atoms with E-state index in [9.17, 15) is 18.0 Å². The molecule has 1 rings (SSSR count). The Morgan fingerprint density at radius 2 is 2.13 bits per heavy atom. The minimum absolute atomic E-state index is 0. The minimum atomic E-state index is -4.50. The molecule has 0 radical (unpaired) electrons. The van der Waals surface area contributed by atoms with Crippen LogP contribution in [0.25, 0.3) is 0 Å². The van der Waals surface area contributed by atoms with Gasteiger partial charge in [-0.3, -0.25) is 4.98 Å². The zero-order chi connectivity index (χ0) is 10.6. The van der Waals surface area contributed by atoms with Gasteiger partial charge in [-0.15, -0.1) is 12.4 Å². The number of carbonyl (C=O) groups excluding carboxylic acids is 1. The molecule has 15 heavy (non-hydrogen) atoms. The Bertz CT molecular complexity index is 315. The van der Waals surface area contributed by atoms with Crippen LogP contribution < -0.4 is 0 Å². The summed E-state index contributed by atoms with van der Waals surface area (Å²) in [7, 11) is 0. The van der Waals surface area contributed by atoms with E-state index in [0.29, 0.717) is 0 Å². The molecular weight excluding hydrogens is 235 g/mol. The smallest absolute Gasteiger partial charge is 0.422 e. The van der Waals surface area contributed by atoms with Crippen LogP contribution in [0.2, 0.25) is 0 Å². The van der Waals surface area contributed by atoms with Gasteiger partial charge in [-0.1, -0.05) is 0 Å². The van der Waals surface area contributed by atoms with E-state index in [2.05, 4.69) is 9.72 Å². The fourth-order valence-corrected chi connectivity index (χ4v) is 0.714. The maximum absolute atomic E-state index is 11.6. The lowest BCUT2D eigenvalue weighted by molar-refractivity contribution is -0.161. The molecule has 0 aliphatic rings. The van der Waals surface area contributed by atoms with Crippen LogP contribution in [0.15, 0.2) is 24.5 Å². The second-order valence-electron chi connectivity index (χ2n) is 2.43. The fraction of sp³-hybridized carbons (Fsp3) is 0.250. The number of hydrogen-bond acceptors (Lipinski definition) is 3. The topological polar surface area (TPSA) is 39.2 Å². The van der Waals surface area contributed by atoms with Crippen molar-refractivity contribution in [2.45, 2.75) is 6.18 Å². The van der Waals surface area contributed by atoms with E-state index in [4.69, 9.17) is 0 Å². The normalized spacial score (nSPS) is 10.3. The SMILES string of the molecule is Cl.O=C(OCC(F)(F)F)c1cccnc1. The van der Waals surface area contributed by atoms with E-state index in [1.165, 1.54) is 18.3 Å². The molecule has 0 amide bonds. The Balaban J connectivity index is 0.00000196. The molecule has 0 aliphatic heterocycles. The average Bonchev–Trinajstić information content (AvgIpc) is 2.14. The first-order valence-electron chi connectivity index (χ1n) is 3.63. The number of hydrogen-bond donors (Lipinski definition) is 0. The monoisotopic (exact) mass is 241 g/mol. The van der Waals surface area contributed by atoms with Gasteiger partial charge in [0.15, 0.2) is 6.61 Å². The molecule has 0 aromatic carbocycles. The van der Waals surface area contributed by atoms with Crippen LogP contribution in [0.3, 0.4) is 0 Å². The highest BCUT2D eigenvalue weighted by molar-refractivity contribution is 5.88. The summed E-state index contributed by atoms with van der Waals surface area (Å²) in [5.41, 5.74) is -0.00301. The zero-order valence-electron chi connectivity index (χ0n) is 7.32. The van der Waals surface area contributed by atoms with Crippen molar-refractivity contribution in [3.63, 3.8) is 0 Å². The summed E-state index contributed by atoms with van der Waals surface area (Å²) in [6.45, 7) is -1.58. The highest BCUT2D eigenvalue weighted by Gasteiger charge is 2.29. The van der Waals surface area contributed by atoms with Crippen LogP contribution in [-0.2, 0) is 4.74 Å². The van der Waals surface area contributed by atoms with Gasteiger partial charge in [-0.25, -0.2) is 4.79 Å². The maximum Gasteiger partial charge on any atom is 0.422 e. The second-order valence-corrected chi connectivity index (χ2v) is 2.43. The van der Waals surface area contributed by atoms with E-state index >= 15 is 0 Å². The van der Waals surface area contributed by atoms with Crippen LogP contribution in [-0.4, -0.2) is 23.7 Å². The molecule has 1 aromatic heterocycles. The Hall–Kier alpha value is -1.30. The third-order valence-corrected chi connectivity index (χ3v) is 1.26. The Kier molecular flexibility index (Phi) is 5.07. The van der Waals surface area contributed by atoms with E-state index in [-0.39, 0.29) is 18.0 Å². The van der Waals surface area contributed by atoms with Gasteiger partial charge in [0.2, 0.25) is 0 Å². The molecule has 0 atom stereocenters. The van der Waals surface area contributed by atoms with Gasteiger partial charge in [-0.2, -0.15) is 13.2 Å². The van der Waals surface area contributed by atoms with Crippen molar-refractivity contribution in [1.82, 2.24) is 4.98 Å². The van der Waals surface area contributed by atoms with Crippen molar-refractivity contribution in [1.29, 1.82) is 0 Å². The lowest BCUT2D eigenvalue weighted by atomic mass is 10.3. The summed E-state index contributed by atoms with van der Waals surface area (Å²) >= 11 is 0. The van der Waals surface area contributed by atoms with Gasteiger partial charge in [0.1, 0.15) is 0 Å². The number of ether oxygens (including phenoxy) is 1. The molecule has 0 fully saturated rings. The van der Waals surface area contributed by atoms with E-state index in [0.717, 1.165) is 6.20 Å². The standard InChI is InChI=1S/C8H6F3NO2.ClH/c9-8(10,11)5-14-7(13)6-2-1-3-12-4-6;/h1-4H,5H2;1H. The van der Waals surface area contributed by atoms with Gasteiger partial charge < -0.3 is 4.74 Å². The Morgan fingerprint density at radius 3 is 2.60 bits per heavy atom. The predicted molar refractivity (Wildman–Crippen MR) is 47.8 cm³/mol. The molecular formula is C8H7ClF3NO2. The van der Waals surface area contributed by atoms with Crippen LogP contribution in [0.5, 0.6) is 0 Å². The van der Waals surface area contributed by atoms with E-state index in [1.807, 2.05) is 0 Å². The predicted octanol–water partition coefficient (Wildman–Crippen LogP) is 2.22. The minimum Gasteiger partial charge on any atom is -0.452 e. The maximum atomic E-state index is 11.6. The summed E-state index contributed by atoms with van der Waals surface area (Å²) in [6.07, 6.45) is -1.96. The van der Waals surface area contributed by atoms with E-state index < -0.39 is 18.8 Å². The molecule has 0 aliphatic carbocycles. The first kappa shape index (κ1) is 13.7. The van der Waals surface area contributed by atoms with Crippen molar-refractivity contribution in [2.24, 2.45) is 0 Å². The number of aromatic nitrogens is 1. The quantitative estimate of drug-likeness (QED) is 0.746. The largest absolute Gasteiger partial charge is 0.452 e. The lowest BCUT2D eigenvalue weighted by Crippen LogP contribution is -2.20. The summed E-state index contributed by atoms with van der Waals surface area (Å²) in [6, 6.07) is 2.76. The van der Waals surface area contributed by atoms with Crippen molar-refractivity contribution in [3.05, 3.63) is 30.1 Å². The molecule has 0 saturated carbocycles. The number of esters is 1. The van der Waals surface area contributed by atoms with Crippen LogP contribution in [0.1, 0.15) is 10.4 Å². The summed E-state index contributed by atoms with van der Waals surface area (Å²) in [5, 5.41) is 0. The van der Waals surface area contributed by atoms with Crippen molar-refractivity contribution >= 4 is 18.4 Å². The number of nitrogens with zero attached hydrogens (tertiary/aromatic N) is 1. The molecule has 0 bridgehead atoms. The van der Waals surface area contributed by atoms with Gasteiger partial charge >= 0.3 is 12.1 Å². The molecule has 0 spiro atoms. The third kappa shape index (κ3) is 5.21. The van der Waals surface area contributed by atoms with Crippen molar-refractivity contribution in [3.8, 4) is 0 Å². The molecule has 0 N–H and O–H groups in total. The molecule has 1 heterocycles. The second kappa shape index (κ2) is 5.55. The summed E-state index contributed by atoms with van der Waals surface area (Å²) < 4.78 is 38.9.